The van der Waals surface area contributed by atoms with E-state index >= 15 is 0 Å². The summed E-state index contributed by atoms with van der Waals surface area (Å²) >= 11 is 1.66. The largest absolute Gasteiger partial charge is 0.394 e. The lowest BCUT2D eigenvalue weighted by Crippen LogP contribution is -2.59. The van der Waals surface area contributed by atoms with Crippen molar-refractivity contribution in [2.45, 2.75) is 94.3 Å². The van der Waals surface area contributed by atoms with Crippen LogP contribution in [0.4, 0.5) is 0 Å². The van der Waals surface area contributed by atoms with Gasteiger partial charge in [-0.05, 0) is 53.4 Å². The van der Waals surface area contributed by atoms with Gasteiger partial charge in [0.05, 0.1) is 29.2 Å². The highest BCUT2D eigenvalue weighted by Crippen LogP contribution is 2.71. The number of aliphatic hydroxyl groups is 1. The van der Waals surface area contributed by atoms with Crippen LogP contribution in [0.1, 0.15) is 67.2 Å². The van der Waals surface area contributed by atoms with Crippen molar-refractivity contribution in [3.8, 4) is 0 Å². The van der Waals surface area contributed by atoms with Gasteiger partial charge < -0.3 is 20.6 Å². The Balaban J connectivity index is 2.07. The minimum Gasteiger partial charge on any atom is -0.394 e. The molecule has 0 aliphatic carbocycles. The molecule has 0 saturated carbocycles. The summed E-state index contributed by atoms with van der Waals surface area (Å²) in [5.74, 6) is -1.41. The first-order chi connectivity index (χ1) is 14.0. The van der Waals surface area contributed by atoms with Crippen LogP contribution < -0.4 is 10.6 Å². The van der Waals surface area contributed by atoms with Crippen LogP contribution >= 0.6 is 11.8 Å². The molecule has 0 radical (unpaired) electrons. The number of aliphatic hydroxyl groups excluding tert-OH is 1. The molecular weight excluding hydrogens is 402 g/mol. The van der Waals surface area contributed by atoms with Crippen molar-refractivity contribution in [1.29, 1.82) is 0 Å². The fourth-order valence-electron chi connectivity index (χ4n) is 5.67. The highest BCUT2D eigenvalue weighted by Gasteiger charge is 2.77. The molecule has 3 rings (SSSR count). The molecule has 0 aromatic rings. The lowest BCUT2D eigenvalue weighted by Gasteiger charge is -2.38. The Morgan fingerprint density at radius 1 is 1.27 bits per heavy atom. The second-order valence-electron chi connectivity index (χ2n) is 10.2. The van der Waals surface area contributed by atoms with Crippen molar-refractivity contribution < 1.29 is 19.5 Å². The average molecular weight is 440 g/mol. The van der Waals surface area contributed by atoms with E-state index in [0.29, 0.717) is 13.0 Å². The Hall–Kier alpha value is -1.28. The minimum absolute atomic E-state index is 0.0827. The van der Waals surface area contributed by atoms with E-state index in [2.05, 4.69) is 17.6 Å². The summed E-state index contributed by atoms with van der Waals surface area (Å²) in [4.78, 5) is 42.1. The number of nitrogens with zero attached hydrogens (tertiary/aromatic N) is 1. The van der Waals surface area contributed by atoms with Crippen LogP contribution in [-0.4, -0.2) is 68.0 Å². The number of hydrogen-bond acceptors (Lipinski definition) is 5. The SMILES string of the molecule is CCCNC(=O)[C@@H]1[C@H]2C(=O)N([C@@H](CC)CO)C(C(=O)NC(C)(C)C)C23CC[C@@]1(C)S3. The van der Waals surface area contributed by atoms with Crippen molar-refractivity contribution in [2.24, 2.45) is 11.8 Å². The first kappa shape index (κ1) is 23.4. The normalized spacial score (nSPS) is 36.0. The van der Waals surface area contributed by atoms with E-state index in [9.17, 15) is 19.5 Å². The number of fused-ring (bicyclic) bond motifs is 1. The van der Waals surface area contributed by atoms with Crippen molar-refractivity contribution in [3.63, 3.8) is 0 Å². The number of hydrogen-bond donors (Lipinski definition) is 3. The third-order valence-corrected chi connectivity index (χ3v) is 8.85. The number of likely N-dealkylation sites (tertiary alicyclic amines) is 1. The molecule has 3 aliphatic rings. The molecule has 8 heteroatoms. The van der Waals surface area contributed by atoms with Crippen LogP contribution in [0, 0.1) is 11.8 Å². The van der Waals surface area contributed by atoms with Gasteiger partial charge in [0, 0.05) is 16.8 Å². The van der Waals surface area contributed by atoms with Gasteiger partial charge in [-0.2, -0.15) is 0 Å². The third-order valence-electron chi connectivity index (χ3n) is 6.87. The molecule has 170 valence electrons. The highest BCUT2D eigenvalue weighted by molar-refractivity contribution is 8.02. The van der Waals surface area contributed by atoms with Gasteiger partial charge in [0.15, 0.2) is 0 Å². The third kappa shape index (κ3) is 3.53. The molecule has 3 amide bonds. The fraction of sp³-hybridized carbons (Fsp3) is 0.864. The summed E-state index contributed by atoms with van der Waals surface area (Å²) in [5, 5.41) is 16.1. The van der Waals surface area contributed by atoms with Crippen molar-refractivity contribution >= 4 is 29.5 Å². The summed E-state index contributed by atoms with van der Waals surface area (Å²) in [6.45, 7) is 12.1. The topological polar surface area (TPSA) is 98.7 Å². The van der Waals surface area contributed by atoms with E-state index < -0.39 is 34.2 Å². The number of amides is 3. The first-order valence-corrected chi connectivity index (χ1v) is 12.0. The molecule has 3 heterocycles. The van der Waals surface area contributed by atoms with Gasteiger partial charge in [0.2, 0.25) is 17.7 Å². The molecule has 3 fully saturated rings. The van der Waals surface area contributed by atoms with Crippen LogP contribution in [0.25, 0.3) is 0 Å². The fourth-order valence-corrected chi connectivity index (χ4v) is 8.01. The molecule has 2 bridgehead atoms. The predicted octanol–water partition coefficient (Wildman–Crippen LogP) is 1.68. The molecule has 0 aromatic carbocycles. The van der Waals surface area contributed by atoms with Crippen molar-refractivity contribution in [2.75, 3.05) is 13.2 Å². The Morgan fingerprint density at radius 3 is 2.47 bits per heavy atom. The molecule has 3 saturated heterocycles. The van der Waals surface area contributed by atoms with Crippen LogP contribution in [0.3, 0.4) is 0 Å². The molecule has 2 unspecified atom stereocenters. The summed E-state index contributed by atoms with van der Waals surface area (Å²) in [7, 11) is 0. The number of carbonyl (C=O) groups excluding carboxylic acids is 3. The Morgan fingerprint density at radius 2 is 1.93 bits per heavy atom. The molecule has 7 nitrogen and oxygen atoms in total. The second kappa shape index (κ2) is 8.01. The number of thioether (sulfide) groups is 1. The second-order valence-corrected chi connectivity index (χ2v) is 12.1. The molecule has 0 aromatic heterocycles. The first-order valence-electron chi connectivity index (χ1n) is 11.2. The predicted molar refractivity (Wildman–Crippen MR) is 118 cm³/mol. The molecule has 3 aliphatic heterocycles. The molecular formula is C22H37N3O4S. The minimum atomic E-state index is -0.679. The van der Waals surface area contributed by atoms with Crippen LogP contribution in [0.2, 0.25) is 0 Å². The van der Waals surface area contributed by atoms with Gasteiger partial charge in [-0.3, -0.25) is 14.4 Å². The van der Waals surface area contributed by atoms with E-state index in [1.807, 2.05) is 34.6 Å². The zero-order valence-corrected chi connectivity index (χ0v) is 19.9. The van der Waals surface area contributed by atoms with Crippen molar-refractivity contribution in [1.82, 2.24) is 15.5 Å². The maximum atomic E-state index is 13.8. The van der Waals surface area contributed by atoms with Gasteiger partial charge in [-0.25, -0.2) is 0 Å². The van der Waals surface area contributed by atoms with Crippen LogP contribution in [0.5, 0.6) is 0 Å². The quantitative estimate of drug-likeness (QED) is 0.561. The average Bonchev–Trinajstić information content (AvgIpc) is 3.21. The summed E-state index contributed by atoms with van der Waals surface area (Å²) < 4.78 is -0.983. The van der Waals surface area contributed by atoms with E-state index in [4.69, 9.17) is 0 Å². The monoisotopic (exact) mass is 439 g/mol. The maximum absolute atomic E-state index is 13.8. The number of rotatable bonds is 7. The number of nitrogens with one attached hydrogen (secondary N) is 2. The maximum Gasteiger partial charge on any atom is 0.244 e. The van der Waals surface area contributed by atoms with E-state index in [1.165, 1.54) is 0 Å². The molecule has 30 heavy (non-hydrogen) atoms. The zero-order valence-electron chi connectivity index (χ0n) is 19.1. The molecule has 6 atom stereocenters. The van der Waals surface area contributed by atoms with Gasteiger partial charge in [0.25, 0.3) is 0 Å². The van der Waals surface area contributed by atoms with Gasteiger partial charge in [-0.1, -0.05) is 13.8 Å². The van der Waals surface area contributed by atoms with Crippen molar-refractivity contribution in [3.05, 3.63) is 0 Å². The number of carbonyl (C=O) groups is 3. The Bertz CT molecular complexity index is 720. The van der Waals surface area contributed by atoms with Crippen LogP contribution in [0.15, 0.2) is 0 Å². The lowest BCUT2D eigenvalue weighted by molar-refractivity contribution is -0.143. The van der Waals surface area contributed by atoms with E-state index in [1.54, 1.807) is 16.7 Å². The molecule has 3 N–H and O–H groups in total. The van der Waals surface area contributed by atoms with Gasteiger partial charge in [-0.15, -0.1) is 11.8 Å². The highest BCUT2D eigenvalue weighted by atomic mass is 32.2. The smallest absolute Gasteiger partial charge is 0.244 e. The van der Waals surface area contributed by atoms with E-state index in [-0.39, 0.29) is 29.1 Å². The summed E-state index contributed by atoms with van der Waals surface area (Å²) in [5.41, 5.74) is -0.440. The standard InChI is InChI=1S/C22H37N3O4S/c1-7-11-23-17(27)14-15-19(29)25(13(8-2)12-26)16(18(28)24-20(3,4)5)22(15)10-9-21(14,6)30-22/h13-16,26H,7-12H2,1-6H3,(H,23,27)(H,24,28)/t13-,14-,15-,16?,21+,22?/m0/s1. The summed E-state index contributed by atoms with van der Waals surface area (Å²) in [6, 6.07) is -1.11. The Kier molecular flexibility index (Phi) is 6.24. The van der Waals surface area contributed by atoms with E-state index in [0.717, 1.165) is 19.3 Å². The zero-order chi connectivity index (χ0) is 22.5. The van der Waals surface area contributed by atoms with Crippen LogP contribution in [-0.2, 0) is 14.4 Å². The molecule has 1 spiro atoms. The van der Waals surface area contributed by atoms with Gasteiger partial charge in [0.1, 0.15) is 6.04 Å². The lowest BCUT2D eigenvalue weighted by atomic mass is 9.66. The Labute approximate surface area is 184 Å². The van der Waals surface area contributed by atoms with Gasteiger partial charge >= 0.3 is 0 Å². The summed E-state index contributed by atoms with van der Waals surface area (Å²) in [6.07, 6.45) is 2.91.